The third-order valence-electron chi connectivity index (χ3n) is 2.60. The van der Waals surface area contributed by atoms with Gasteiger partial charge in [0, 0.05) is 13.2 Å². The molecule has 4 heteroatoms. The van der Waals surface area contributed by atoms with Gasteiger partial charge in [-0.25, -0.2) is 0 Å². The summed E-state index contributed by atoms with van der Waals surface area (Å²) in [7, 11) is 0. The number of carbonyl (C=O) groups excluding carboxylic acids is 1. The highest BCUT2D eigenvalue weighted by Crippen LogP contribution is 2.14. The van der Waals surface area contributed by atoms with Gasteiger partial charge in [0.05, 0.1) is 12.6 Å². The lowest BCUT2D eigenvalue weighted by Crippen LogP contribution is -2.35. The molecule has 15 heavy (non-hydrogen) atoms. The van der Waals surface area contributed by atoms with E-state index in [4.69, 9.17) is 4.74 Å². The fourth-order valence-corrected chi connectivity index (χ4v) is 1.71. The van der Waals surface area contributed by atoms with E-state index in [9.17, 15) is 4.79 Å². The molecule has 1 fully saturated rings. The van der Waals surface area contributed by atoms with Crippen molar-refractivity contribution in [2.24, 2.45) is 0 Å². The molecule has 1 heterocycles. The quantitative estimate of drug-likeness (QED) is 0.683. The van der Waals surface area contributed by atoms with E-state index in [1.54, 1.807) is 0 Å². The van der Waals surface area contributed by atoms with Gasteiger partial charge in [-0.15, -0.1) is 0 Å². The molecule has 0 aromatic heterocycles. The third-order valence-corrected chi connectivity index (χ3v) is 2.60. The second kappa shape index (κ2) is 7.65. The minimum Gasteiger partial charge on any atom is -0.378 e. The number of ether oxygens (including phenoxy) is 1. The Morgan fingerprint density at radius 1 is 1.47 bits per heavy atom. The Kier molecular flexibility index (Phi) is 6.36. The fourth-order valence-electron chi connectivity index (χ4n) is 1.71. The molecule has 1 rings (SSSR count). The van der Waals surface area contributed by atoms with Gasteiger partial charge >= 0.3 is 0 Å². The molecule has 4 nitrogen and oxygen atoms in total. The molecule has 0 spiro atoms. The van der Waals surface area contributed by atoms with Crippen LogP contribution in [-0.2, 0) is 9.53 Å². The SMILES string of the molecule is CCNCC(=O)NCCC1CCCCO1. The summed E-state index contributed by atoms with van der Waals surface area (Å²) in [5, 5.41) is 5.88. The van der Waals surface area contributed by atoms with Crippen LogP contribution in [0.1, 0.15) is 32.6 Å². The van der Waals surface area contributed by atoms with Gasteiger partial charge < -0.3 is 15.4 Å². The molecule has 1 atom stereocenters. The zero-order valence-corrected chi connectivity index (χ0v) is 9.55. The second-order valence-corrected chi connectivity index (χ2v) is 3.91. The zero-order chi connectivity index (χ0) is 10.9. The Hall–Kier alpha value is -0.610. The molecule has 0 saturated carbocycles. The Balaban J connectivity index is 1.97. The Morgan fingerprint density at radius 3 is 3.00 bits per heavy atom. The molecular formula is C11H22N2O2. The number of carbonyl (C=O) groups is 1. The minimum absolute atomic E-state index is 0.0765. The summed E-state index contributed by atoms with van der Waals surface area (Å²) >= 11 is 0. The average Bonchev–Trinajstić information content (AvgIpc) is 2.28. The van der Waals surface area contributed by atoms with E-state index in [1.807, 2.05) is 6.92 Å². The van der Waals surface area contributed by atoms with Gasteiger partial charge in [-0.3, -0.25) is 4.79 Å². The molecule has 88 valence electrons. The van der Waals surface area contributed by atoms with Gasteiger partial charge in [0.15, 0.2) is 0 Å². The number of hydrogen-bond acceptors (Lipinski definition) is 3. The van der Waals surface area contributed by atoms with E-state index >= 15 is 0 Å². The summed E-state index contributed by atoms with van der Waals surface area (Å²) in [6.07, 6.45) is 4.89. The maximum Gasteiger partial charge on any atom is 0.233 e. The highest BCUT2D eigenvalue weighted by Gasteiger charge is 2.13. The highest BCUT2D eigenvalue weighted by atomic mass is 16.5. The Labute approximate surface area is 91.8 Å². The first kappa shape index (κ1) is 12.5. The summed E-state index contributed by atoms with van der Waals surface area (Å²) < 4.78 is 5.57. The van der Waals surface area contributed by atoms with Crippen molar-refractivity contribution in [3.63, 3.8) is 0 Å². The van der Waals surface area contributed by atoms with Gasteiger partial charge in [-0.1, -0.05) is 6.92 Å². The van der Waals surface area contributed by atoms with Crippen LogP contribution in [0.25, 0.3) is 0 Å². The average molecular weight is 214 g/mol. The van der Waals surface area contributed by atoms with Crippen molar-refractivity contribution in [3.8, 4) is 0 Å². The molecule has 2 N–H and O–H groups in total. The lowest BCUT2D eigenvalue weighted by Gasteiger charge is -2.22. The first-order chi connectivity index (χ1) is 7.33. The van der Waals surface area contributed by atoms with Gasteiger partial charge in [0.1, 0.15) is 0 Å². The smallest absolute Gasteiger partial charge is 0.233 e. The number of hydrogen-bond donors (Lipinski definition) is 2. The second-order valence-electron chi connectivity index (χ2n) is 3.91. The van der Waals surface area contributed by atoms with Crippen molar-refractivity contribution in [3.05, 3.63) is 0 Å². The van der Waals surface area contributed by atoms with Crippen LogP contribution in [0.3, 0.4) is 0 Å². The predicted molar refractivity (Wildman–Crippen MR) is 59.8 cm³/mol. The summed E-state index contributed by atoms with van der Waals surface area (Å²) in [5.74, 6) is 0.0765. The monoisotopic (exact) mass is 214 g/mol. The van der Waals surface area contributed by atoms with Crippen molar-refractivity contribution < 1.29 is 9.53 Å². The summed E-state index contributed by atoms with van der Waals surface area (Å²) in [6, 6.07) is 0. The Bertz CT molecular complexity index is 179. The van der Waals surface area contributed by atoms with Crippen LogP contribution in [0.4, 0.5) is 0 Å². The van der Waals surface area contributed by atoms with Crippen LogP contribution in [-0.4, -0.2) is 38.3 Å². The largest absolute Gasteiger partial charge is 0.378 e. The van der Waals surface area contributed by atoms with E-state index in [-0.39, 0.29) is 5.91 Å². The van der Waals surface area contributed by atoms with Crippen molar-refractivity contribution in [1.82, 2.24) is 10.6 Å². The van der Waals surface area contributed by atoms with Crippen molar-refractivity contribution >= 4 is 5.91 Å². The Morgan fingerprint density at radius 2 is 2.33 bits per heavy atom. The molecule has 0 aromatic rings. The van der Waals surface area contributed by atoms with E-state index in [0.717, 1.165) is 32.5 Å². The van der Waals surface area contributed by atoms with Crippen LogP contribution in [0.15, 0.2) is 0 Å². The van der Waals surface area contributed by atoms with Crippen LogP contribution >= 0.6 is 0 Å². The number of likely N-dealkylation sites (N-methyl/N-ethyl adjacent to an activating group) is 1. The van der Waals surface area contributed by atoms with Crippen molar-refractivity contribution in [2.45, 2.75) is 38.7 Å². The van der Waals surface area contributed by atoms with Crippen LogP contribution < -0.4 is 10.6 Å². The third kappa shape index (κ3) is 5.74. The highest BCUT2D eigenvalue weighted by molar-refractivity contribution is 5.77. The van der Waals surface area contributed by atoms with E-state index in [1.165, 1.54) is 12.8 Å². The normalized spacial score (nSPS) is 21.3. The van der Waals surface area contributed by atoms with E-state index in [2.05, 4.69) is 10.6 Å². The summed E-state index contributed by atoms with van der Waals surface area (Å²) in [4.78, 5) is 11.2. The fraction of sp³-hybridized carbons (Fsp3) is 0.909. The molecule has 1 amide bonds. The molecule has 0 aliphatic carbocycles. The van der Waals surface area contributed by atoms with Crippen LogP contribution in [0.5, 0.6) is 0 Å². The summed E-state index contributed by atoms with van der Waals surface area (Å²) in [5.41, 5.74) is 0. The molecule has 1 unspecified atom stereocenters. The van der Waals surface area contributed by atoms with Crippen LogP contribution in [0.2, 0.25) is 0 Å². The summed E-state index contributed by atoms with van der Waals surface area (Å²) in [6.45, 7) is 4.86. The lowest BCUT2D eigenvalue weighted by molar-refractivity contribution is -0.120. The van der Waals surface area contributed by atoms with Gasteiger partial charge in [-0.2, -0.15) is 0 Å². The number of amides is 1. The molecule has 0 bridgehead atoms. The maximum atomic E-state index is 11.2. The van der Waals surface area contributed by atoms with Crippen molar-refractivity contribution in [1.29, 1.82) is 0 Å². The van der Waals surface area contributed by atoms with E-state index in [0.29, 0.717) is 12.6 Å². The topological polar surface area (TPSA) is 50.4 Å². The first-order valence-electron chi connectivity index (χ1n) is 5.92. The van der Waals surface area contributed by atoms with Gasteiger partial charge in [0.25, 0.3) is 0 Å². The number of rotatable bonds is 6. The minimum atomic E-state index is 0.0765. The van der Waals surface area contributed by atoms with Gasteiger partial charge in [-0.05, 0) is 32.2 Å². The van der Waals surface area contributed by atoms with Crippen molar-refractivity contribution in [2.75, 3.05) is 26.2 Å². The molecule has 1 saturated heterocycles. The van der Waals surface area contributed by atoms with Gasteiger partial charge in [0.2, 0.25) is 5.91 Å². The predicted octanol–water partition coefficient (Wildman–Crippen LogP) is 0.671. The molecule has 0 aromatic carbocycles. The molecule has 0 radical (unpaired) electrons. The van der Waals surface area contributed by atoms with Crippen LogP contribution in [0, 0.1) is 0 Å². The number of nitrogens with one attached hydrogen (secondary N) is 2. The first-order valence-corrected chi connectivity index (χ1v) is 5.92. The van der Waals surface area contributed by atoms with E-state index < -0.39 is 0 Å². The lowest BCUT2D eigenvalue weighted by atomic mass is 10.1. The maximum absolute atomic E-state index is 11.2. The molecule has 1 aliphatic rings. The molecular weight excluding hydrogens is 192 g/mol. The molecule has 1 aliphatic heterocycles. The standard InChI is InChI=1S/C11H22N2O2/c1-2-12-9-11(14)13-7-6-10-5-3-4-8-15-10/h10,12H,2-9H2,1H3,(H,13,14). The zero-order valence-electron chi connectivity index (χ0n) is 9.55.